The van der Waals surface area contributed by atoms with Crippen molar-refractivity contribution in [2.45, 2.75) is 52.1 Å². The highest BCUT2D eigenvalue weighted by atomic mass is 16.6. The normalized spacial score (nSPS) is 17.3. The minimum Gasteiger partial charge on any atom is -0.444 e. The van der Waals surface area contributed by atoms with Gasteiger partial charge >= 0.3 is 6.09 Å². The first-order valence-electron chi connectivity index (χ1n) is 10.3. The summed E-state index contributed by atoms with van der Waals surface area (Å²) in [6.45, 7) is 7.67. The van der Waals surface area contributed by atoms with Crippen LogP contribution in [0, 0.1) is 0 Å². The molecule has 0 unspecified atom stereocenters. The lowest BCUT2D eigenvalue weighted by atomic mass is 10.2. The number of fused-ring (bicyclic) bond motifs is 1. The van der Waals surface area contributed by atoms with E-state index >= 15 is 0 Å². The molecule has 0 atom stereocenters. The topological polar surface area (TPSA) is 67.7 Å². The Bertz CT molecular complexity index is 886. The van der Waals surface area contributed by atoms with E-state index in [1.54, 1.807) is 4.90 Å². The van der Waals surface area contributed by atoms with Gasteiger partial charge in [0.25, 0.3) is 0 Å². The van der Waals surface area contributed by atoms with Crippen molar-refractivity contribution in [3.8, 4) is 5.69 Å². The zero-order valence-electron chi connectivity index (χ0n) is 17.4. The van der Waals surface area contributed by atoms with Crippen LogP contribution in [0.25, 0.3) is 5.69 Å². The van der Waals surface area contributed by atoms with Gasteiger partial charge in [-0.05, 0) is 63.4 Å². The van der Waals surface area contributed by atoms with Crippen molar-refractivity contribution >= 4 is 17.7 Å². The fraction of sp³-hybridized carbons (Fsp3) is 0.500. The summed E-state index contributed by atoms with van der Waals surface area (Å²) in [5, 5.41) is 4.75. The van der Waals surface area contributed by atoms with E-state index in [0.717, 1.165) is 42.0 Å². The van der Waals surface area contributed by atoms with Gasteiger partial charge in [0.1, 0.15) is 5.60 Å². The van der Waals surface area contributed by atoms with E-state index in [-0.39, 0.29) is 12.0 Å². The van der Waals surface area contributed by atoms with E-state index in [0.29, 0.717) is 25.9 Å². The number of aromatic nitrogens is 2. The Hall–Kier alpha value is -2.83. The summed E-state index contributed by atoms with van der Waals surface area (Å²) in [5.41, 5.74) is 3.61. The van der Waals surface area contributed by atoms with Crippen LogP contribution in [0.15, 0.2) is 30.5 Å². The number of hydrogen-bond acceptors (Lipinski definition) is 4. The first-order valence-corrected chi connectivity index (χ1v) is 10.3. The van der Waals surface area contributed by atoms with Gasteiger partial charge < -0.3 is 14.5 Å². The number of carbonyl (C=O) groups excluding carboxylic acids is 2. The Morgan fingerprint density at radius 2 is 1.69 bits per heavy atom. The molecule has 1 aromatic carbocycles. The van der Waals surface area contributed by atoms with Gasteiger partial charge in [-0.3, -0.25) is 4.79 Å². The van der Waals surface area contributed by atoms with Crippen molar-refractivity contribution in [1.29, 1.82) is 0 Å². The van der Waals surface area contributed by atoms with Gasteiger partial charge in [0, 0.05) is 44.4 Å². The summed E-state index contributed by atoms with van der Waals surface area (Å²) in [6.07, 6.45) is 4.81. The molecule has 1 aromatic heterocycles. The molecule has 4 rings (SSSR count). The maximum Gasteiger partial charge on any atom is 0.410 e. The van der Waals surface area contributed by atoms with Crippen LogP contribution in [-0.2, 0) is 22.4 Å². The highest BCUT2D eigenvalue weighted by Gasteiger charge is 2.26. The summed E-state index contributed by atoms with van der Waals surface area (Å²) in [6, 6.07) is 7.96. The van der Waals surface area contributed by atoms with Crippen molar-refractivity contribution in [2.24, 2.45) is 0 Å². The van der Waals surface area contributed by atoms with Crippen LogP contribution in [0.5, 0.6) is 0 Å². The monoisotopic (exact) mass is 396 g/mol. The van der Waals surface area contributed by atoms with Gasteiger partial charge in [-0.15, -0.1) is 0 Å². The number of benzene rings is 1. The average molecular weight is 396 g/mol. The summed E-state index contributed by atoms with van der Waals surface area (Å²) in [7, 11) is 0. The van der Waals surface area contributed by atoms with Crippen LogP contribution in [0.4, 0.5) is 10.5 Å². The Morgan fingerprint density at radius 3 is 2.34 bits per heavy atom. The molecule has 0 spiro atoms. The van der Waals surface area contributed by atoms with Gasteiger partial charge in [-0.2, -0.15) is 5.10 Å². The number of carbonyl (C=O) groups is 2. The smallest absolute Gasteiger partial charge is 0.410 e. The molecule has 1 saturated heterocycles. The predicted octanol–water partition coefficient (Wildman–Crippen LogP) is 3.33. The summed E-state index contributed by atoms with van der Waals surface area (Å²) in [4.78, 5) is 27.9. The van der Waals surface area contributed by atoms with E-state index in [1.807, 2.05) is 60.8 Å². The molecule has 7 nitrogen and oxygen atoms in total. The average Bonchev–Trinajstić information content (AvgIpc) is 3.22. The molecule has 2 aliphatic rings. The summed E-state index contributed by atoms with van der Waals surface area (Å²) in [5.74, 6) is 0.193. The summed E-state index contributed by atoms with van der Waals surface area (Å²) < 4.78 is 7.39. The van der Waals surface area contributed by atoms with Crippen LogP contribution in [-0.4, -0.2) is 51.9 Å². The third-order valence-electron chi connectivity index (χ3n) is 5.30. The molecule has 2 aliphatic heterocycles. The van der Waals surface area contributed by atoms with Gasteiger partial charge in [0.05, 0.1) is 11.4 Å². The van der Waals surface area contributed by atoms with E-state index < -0.39 is 5.60 Å². The maximum atomic E-state index is 12.3. The quantitative estimate of drug-likeness (QED) is 0.781. The predicted molar refractivity (Wildman–Crippen MR) is 110 cm³/mol. The lowest BCUT2D eigenvalue weighted by Crippen LogP contribution is -2.38. The number of anilines is 1. The third kappa shape index (κ3) is 4.28. The molecule has 2 aromatic rings. The van der Waals surface area contributed by atoms with E-state index in [2.05, 4.69) is 0 Å². The van der Waals surface area contributed by atoms with Crippen LogP contribution in [0.2, 0.25) is 0 Å². The molecule has 29 heavy (non-hydrogen) atoms. The molecule has 3 heterocycles. The number of ether oxygens (including phenoxy) is 1. The lowest BCUT2D eigenvalue weighted by molar-refractivity contribution is -0.117. The highest BCUT2D eigenvalue weighted by Crippen LogP contribution is 2.24. The fourth-order valence-electron chi connectivity index (χ4n) is 3.82. The fourth-order valence-corrected chi connectivity index (χ4v) is 3.82. The van der Waals surface area contributed by atoms with Gasteiger partial charge in [-0.25, -0.2) is 9.48 Å². The van der Waals surface area contributed by atoms with Gasteiger partial charge in [-0.1, -0.05) is 0 Å². The highest BCUT2D eigenvalue weighted by molar-refractivity contribution is 5.95. The number of rotatable bonds is 2. The molecule has 7 heteroatoms. The second-order valence-electron chi connectivity index (χ2n) is 8.68. The first kappa shape index (κ1) is 19.5. The zero-order valence-corrected chi connectivity index (χ0v) is 17.4. The second-order valence-corrected chi connectivity index (χ2v) is 8.68. The Balaban J connectivity index is 1.44. The molecule has 0 bridgehead atoms. The van der Waals surface area contributed by atoms with E-state index in [4.69, 9.17) is 9.84 Å². The molecule has 0 saturated carbocycles. The molecule has 154 valence electrons. The van der Waals surface area contributed by atoms with E-state index in [9.17, 15) is 9.59 Å². The molecule has 2 amide bonds. The van der Waals surface area contributed by atoms with Gasteiger partial charge in [0.2, 0.25) is 5.91 Å². The summed E-state index contributed by atoms with van der Waals surface area (Å²) >= 11 is 0. The van der Waals surface area contributed by atoms with Crippen molar-refractivity contribution in [1.82, 2.24) is 14.7 Å². The van der Waals surface area contributed by atoms with Gasteiger partial charge in [0.15, 0.2) is 0 Å². The molecule has 0 N–H and O–H groups in total. The zero-order chi connectivity index (χ0) is 20.6. The van der Waals surface area contributed by atoms with Crippen molar-refractivity contribution < 1.29 is 14.3 Å². The third-order valence-corrected chi connectivity index (χ3v) is 5.30. The Kier molecular flexibility index (Phi) is 5.06. The van der Waals surface area contributed by atoms with Crippen molar-refractivity contribution in [3.05, 3.63) is 41.7 Å². The number of nitrogens with zero attached hydrogens (tertiary/aromatic N) is 4. The molecule has 0 aliphatic carbocycles. The van der Waals surface area contributed by atoms with Crippen LogP contribution in [0.1, 0.15) is 44.9 Å². The number of amides is 2. The SMILES string of the molecule is CC(C)(C)OC(=O)N1CCc2cn(-c3ccc(N4CCCC4=O)cc3)nc2CC1. The molecule has 1 fully saturated rings. The van der Waals surface area contributed by atoms with Crippen LogP contribution in [0.3, 0.4) is 0 Å². The van der Waals surface area contributed by atoms with Crippen molar-refractivity contribution in [2.75, 3.05) is 24.5 Å². The Labute approximate surface area is 171 Å². The standard InChI is InChI=1S/C22H28N4O3/c1-22(2,3)29-21(28)24-13-10-16-15-26(23-19(16)11-14-24)18-8-6-17(7-9-18)25-12-4-5-20(25)27/h6-9,15H,4-5,10-14H2,1-3H3. The van der Waals surface area contributed by atoms with E-state index in [1.165, 1.54) is 0 Å². The largest absolute Gasteiger partial charge is 0.444 e. The van der Waals surface area contributed by atoms with Crippen LogP contribution < -0.4 is 4.90 Å². The maximum absolute atomic E-state index is 12.3. The molecular weight excluding hydrogens is 368 g/mol. The molecule has 0 radical (unpaired) electrons. The number of hydrogen-bond donors (Lipinski definition) is 0. The first-order chi connectivity index (χ1) is 13.8. The van der Waals surface area contributed by atoms with Crippen molar-refractivity contribution in [3.63, 3.8) is 0 Å². The second kappa shape index (κ2) is 7.54. The molecular formula is C22H28N4O3. The van der Waals surface area contributed by atoms with Crippen LogP contribution >= 0.6 is 0 Å². The lowest BCUT2D eigenvalue weighted by Gasteiger charge is -2.26. The Morgan fingerprint density at radius 1 is 1.00 bits per heavy atom. The minimum atomic E-state index is -0.487. The minimum absolute atomic E-state index is 0.193.